The van der Waals surface area contributed by atoms with Crippen LogP contribution in [0, 0.1) is 0 Å². The zero-order valence-electron chi connectivity index (χ0n) is 8.22. The first kappa shape index (κ1) is 12.0. The van der Waals surface area contributed by atoms with Gasteiger partial charge in [0.1, 0.15) is 17.3 Å². The number of carbonyl (C=O) groups excluding carboxylic acids is 3. The summed E-state index contributed by atoms with van der Waals surface area (Å²) in [5, 5.41) is 2.73. The lowest BCUT2D eigenvalue weighted by atomic mass is 10.1. The molecular weight excluding hydrogens is 170 g/mol. The molecule has 4 heteroatoms. The van der Waals surface area contributed by atoms with Crippen molar-refractivity contribution in [2.24, 2.45) is 0 Å². The average molecular weight is 185 g/mol. The average Bonchev–Trinajstić information content (AvgIpc) is 1.96. The third-order valence-electron chi connectivity index (χ3n) is 1.58. The number of nitrogens with one attached hydrogen (secondary N) is 1. The summed E-state index contributed by atoms with van der Waals surface area (Å²) in [6.07, 6.45) is 0.155. The Hall–Kier alpha value is -1.03. The van der Waals surface area contributed by atoms with Gasteiger partial charge < -0.3 is 5.32 Å². The van der Waals surface area contributed by atoms with Gasteiger partial charge in [-0.15, -0.1) is 0 Å². The molecule has 0 spiro atoms. The number of carbonyl (C=O) groups is 3. The van der Waals surface area contributed by atoms with E-state index < -0.39 is 6.04 Å². The number of hydrogen-bond donors (Lipinski definition) is 1. The standard InChI is InChI=1S/C9H15NO3/c1-6(11)4-9(8(3)13)10-5-7(2)12/h9-10H,4-5H2,1-3H3. The Kier molecular flexibility index (Phi) is 5.14. The molecule has 0 fully saturated rings. The first-order valence-electron chi connectivity index (χ1n) is 4.16. The molecule has 1 N–H and O–H groups in total. The summed E-state index contributed by atoms with van der Waals surface area (Å²) in [4.78, 5) is 32.3. The molecule has 0 aliphatic rings. The largest absolute Gasteiger partial charge is 0.300 e. The maximum absolute atomic E-state index is 11.0. The molecule has 0 rings (SSSR count). The molecule has 0 amide bonds. The molecule has 0 bridgehead atoms. The molecule has 0 heterocycles. The lowest BCUT2D eigenvalue weighted by molar-refractivity contribution is -0.124. The normalized spacial score (nSPS) is 12.2. The highest BCUT2D eigenvalue weighted by Gasteiger charge is 2.15. The number of ketones is 3. The predicted molar refractivity (Wildman–Crippen MR) is 48.5 cm³/mol. The zero-order chi connectivity index (χ0) is 10.4. The molecule has 4 nitrogen and oxygen atoms in total. The van der Waals surface area contributed by atoms with Crippen LogP contribution in [0.1, 0.15) is 27.2 Å². The molecule has 13 heavy (non-hydrogen) atoms. The molecule has 0 saturated heterocycles. The monoisotopic (exact) mass is 185 g/mol. The maximum Gasteiger partial charge on any atom is 0.147 e. The van der Waals surface area contributed by atoms with Gasteiger partial charge >= 0.3 is 0 Å². The van der Waals surface area contributed by atoms with Gasteiger partial charge in [-0.2, -0.15) is 0 Å². The van der Waals surface area contributed by atoms with Crippen LogP contribution >= 0.6 is 0 Å². The van der Waals surface area contributed by atoms with Gasteiger partial charge in [-0.3, -0.25) is 14.4 Å². The van der Waals surface area contributed by atoms with Crippen LogP contribution in [0.4, 0.5) is 0 Å². The topological polar surface area (TPSA) is 63.2 Å². The molecule has 0 radical (unpaired) electrons. The van der Waals surface area contributed by atoms with Crippen molar-refractivity contribution < 1.29 is 14.4 Å². The molecule has 0 aliphatic carbocycles. The van der Waals surface area contributed by atoms with E-state index in [2.05, 4.69) is 5.32 Å². The first-order chi connectivity index (χ1) is 5.93. The number of rotatable bonds is 6. The van der Waals surface area contributed by atoms with Gasteiger partial charge in [0, 0.05) is 6.42 Å². The van der Waals surface area contributed by atoms with Crippen molar-refractivity contribution in [2.75, 3.05) is 6.54 Å². The van der Waals surface area contributed by atoms with E-state index in [1.807, 2.05) is 0 Å². The Bertz CT molecular complexity index is 223. The van der Waals surface area contributed by atoms with E-state index in [4.69, 9.17) is 0 Å². The van der Waals surface area contributed by atoms with Gasteiger partial charge in [-0.05, 0) is 20.8 Å². The summed E-state index contributed by atoms with van der Waals surface area (Å²) >= 11 is 0. The van der Waals surface area contributed by atoms with Crippen LogP contribution < -0.4 is 5.32 Å². The molecule has 0 saturated carbocycles. The Morgan fingerprint density at radius 2 is 1.62 bits per heavy atom. The summed E-state index contributed by atoms with van der Waals surface area (Å²) in [6.45, 7) is 4.39. The highest BCUT2D eigenvalue weighted by molar-refractivity contribution is 5.88. The zero-order valence-corrected chi connectivity index (χ0v) is 8.22. The Morgan fingerprint density at radius 1 is 1.08 bits per heavy atom. The van der Waals surface area contributed by atoms with Crippen molar-refractivity contribution in [1.29, 1.82) is 0 Å². The summed E-state index contributed by atoms with van der Waals surface area (Å²) in [6, 6.07) is -0.513. The minimum atomic E-state index is -0.513. The minimum Gasteiger partial charge on any atom is -0.300 e. The van der Waals surface area contributed by atoms with E-state index in [1.165, 1.54) is 20.8 Å². The second-order valence-corrected chi connectivity index (χ2v) is 3.15. The molecule has 1 atom stereocenters. The SMILES string of the molecule is CC(=O)CNC(CC(C)=O)C(C)=O. The molecule has 0 aromatic heterocycles. The summed E-state index contributed by atoms with van der Waals surface area (Å²) < 4.78 is 0. The Balaban J connectivity index is 4.02. The van der Waals surface area contributed by atoms with Crippen LogP contribution in [0.2, 0.25) is 0 Å². The molecule has 0 aromatic carbocycles. The van der Waals surface area contributed by atoms with Crippen LogP contribution in [0.15, 0.2) is 0 Å². The van der Waals surface area contributed by atoms with Gasteiger partial charge in [0.05, 0.1) is 12.6 Å². The first-order valence-corrected chi connectivity index (χ1v) is 4.16. The second-order valence-electron chi connectivity index (χ2n) is 3.15. The lowest BCUT2D eigenvalue weighted by Crippen LogP contribution is -2.39. The highest BCUT2D eigenvalue weighted by atomic mass is 16.1. The fraction of sp³-hybridized carbons (Fsp3) is 0.667. The summed E-state index contributed by atoms with van der Waals surface area (Å²) in [7, 11) is 0. The van der Waals surface area contributed by atoms with Gasteiger partial charge in [0.25, 0.3) is 0 Å². The van der Waals surface area contributed by atoms with Gasteiger partial charge in [0.15, 0.2) is 0 Å². The second kappa shape index (κ2) is 5.59. The van der Waals surface area contributed by atoms with Crippen LogP contribution in [0.3, 0.4) is 0 Å². The van der Waals surface area contributed by atoms with Crippen molar-refractivity contribution in [3.63, 3.8) is 0 Å². The van der Waals surface area contributed by atoms with Crippen LogP contribution in [0.25, 0.3) is 0 Å². The van der Waals surface area contributed by atoms with Crippen LogP contribution in [0.5, 0.6) is 0 Å². The fourth-order valence-electron chi connectivity index (χ4n) is 0.914. The van der Waals surface area contributed by atoms with Crippen molar-refractivity contribution in [2.45, 2.75) is 33.2 Å². The van der Waals surface area contributed by atoms with Crippen molar-refractivity contribution in [3.05, 3.63) is 0 Å². The molecule has 0 aromatic rings. The third kappa shape index (κ3) is 6.16. The quantitative estimate of drug-likeness (QED) is 0.637. The van der Waals surface area contributed by atoms with E-state index >= 15 is 0 Å². The fourth-order valence-corrected chi connectivity index (χ4v) is 0.914. The lowest BCUT2D eigenvalue weighted by Gasteiger charge is -2.12. The van der Waals surface area contributed by atoms with E-state index in [-0.39, 0.29) is 30.3 Å². The summed E-state index contributed by atoms with van der Waals surface area (Å²) in [5.74, 6) is -0.220. The van der Waals surface area contributed by atoms with E-state index in [1.54, 1.807) is 0 Å². The van der Waals surface area contributed by atoms with E-state index in [0.717, 1.165) is 0 Å². The van der Waals surface area contributed by atoms with Crippen molar-refractivity contribution in [3.8, 4) is 0 Å². The molecule has 1 unspecified atom stereocenters. The van der Waals surface area contributed by atoms with Crippen LogP contribution in [-0.4, -0.2) is 29.9 Å². The number of hydrogen-bond acceptors (Lipinski definition) is 4. The Morgan fingerprint density at radius 3 is 1.92 bits per heavy atom. The smallest absolute Gasteiger partial charge is 0.147 e. The van der Waals surface area contributed by atoms with E-state index in [9.17, 15) is 14.4 Å². The van der Waals surface area contributed by atoms with Crippen LogP contribution in [-0.2, 0) is 14.4 Å². The molecule has 0 aliphatic heterocycles. The van der Waals surface area contributed by atoms with E-state index in [0.29, 0.717) is 0 Å². The molecular formula is C9H15NO3. The Labute approximate surface area is 77.7 Å². The predicted octanol–water partition coefficient (Wildman–Crippen LogP) is 0.102. The third-order valence-corrected chi connectivity index (χ3v) is 1.58. The highest BCUT2D eigenvalue weighted by Crippen LogP contribution is 1.94. The molecule has 74 valence electrons. The van der Waals surface area contributed by atoms with Gasteiger partial charge in [0.2, 0.25) is 0 Å². The van der Waals surface area contributed by atoms with Crippen molar-refractivity contribution >= 4 is 17.3 Å². The van der Waals surface area contributed by atoms with Crippen molar-refractivity contribution in [1.82, 2.24) is 5.32 Å². The maximum atomic E-state index is 11.0. The van der Waals surface area contributed by atoms with Gasteiger partial charge in [-0.1, -0.05) is 0 Å². The summed E-state index contributed by atoms with van der Waals surface area (Å²) in [5.41, 5.74) is 0. The minimum absolute atomic E-state index is 0.0465. The number of Topliss-reactive ketones (excluding diaryl/α,β-unsaturated/α-hetero) is 3. The van der Waals surface area contributed by atoms with Gasteiger partial charge in [-0.25, -0.2) is 0 Å².